The number of amides is 1. The van der Waals surface area contributed by atoms with E-state index in [0.29, 0.717) is 12.8 Å². The van der Waals surface area contributed by atoms with Crippen molar-refractivity contribution in [1.29, 1.82) is 0 Å². The molecule has 0 rings (SSSR count). The third-order valence-corrected chi connectivity index (χ3v) is 10.4. The normalized spacial score (nSPS) is 13.7. The molecule has 3 unspecified atom stereocenters. The molecule has 5 nitrogen and oxygen atoms in total. The zero-order valence-corrected chi connectivity index (χ0v) is 33.1. The summed E-state index contributed by atoms with van der Waals surface area (Å²) in [6, 6.07) is -0.819. The molecule has 0 radical (unpaired) electrons. The molecular formula is C44H87NO4. The first kappa shape index (κ1) is 48.1. The zero-order chi connectivity index (χ0) is 35.9. The van der Waals surface area contributed by atoms with Crippen LogP contribution < -0.4 is 5.32 Å². The van der Waals surface area contributed by atoms with Crippen molar-refractivity contribution in [1.82, 2.24) is 5.32 Å². The van der Waals surface area contributed by atoms with Crippen molar-refractivity contribution in [3.05, 3.63) is 12.2 Å². The molecule has 5 heteroatoms. The molecule has 0 saturated heterocycles. The average Bonchev–Trinajstić information content (AvgIpc) is 3.11. The van der Waals surface area contributed by atoms with Gasteiger partial charge in [-0.2, -0.15) is 0 Å². The minimum atomic E-state index is -1.15. The summed E-state index contributed by atoms with van der Waals surface area (Å²) in [6.45, 7) is 4.12. The van der Waals surface area contributed by atoms with Gasteiger partial charge < -0.3 is 20.6 Å². The van der Waals surface area contributed by atoms with E-state index in [0.717, 1.165) is 38.5 Å². The summed E-state index contributed by atoms with van der Waals surface area (Å²) in [4.78, 5) is 12.4. The molecule has 0 heterocycles. The molecule has 0 fully saturated rings. The van der Waals surface area contributed by atoms with Crippen molar-refractivity contribution in [2.75, 3.05) is 6.61 Å². The van der Waals surface area contributed by atoms with Gasteiger partial charge in [-0.3, -0.25) is 4.79 Å². The summed E-state index contributed by atoms with van der Waals surface area (Å²) in [6.07, 6.45) is 46.4. The molecule has 0 aliphatic heterocycles. The number of unbranched alkanes of at least 4 members (excludes halogenated alkanes) is 30. The third kappa shape index (κ3) is 35.3. The molecule has 4 N–H and O–H groups in total. The molecule has 0 spiro atoms. The van der Waals surface area contributed by atoms with Crippen LogP contribution in [0.4, 0.5) is 0 Å². The zero-order valence-electron chi connectivity index (χ0n) is 33.1. The quantitative estimate of drug-likeness (QED) is 0.0380. The number of carbonyl (C=O) groups is 1. The van der Waals surface area contributed by atoms with E-state index in [9.17, 15) is 20.1 Å². The summed E-state index contributed by atoms with van der Waals surface area (Å²) in [5.41, 5.74) is 0. The van der Waals surface area contributed by atoms with Crippen LogP contribution >= 0.6 is 0 Å². The maximum atomic E-state index is 12.4. The van der Waals surface area contributed by atoms with Crippen LogP contribution in [0.1, 0.15) is 239 Å². The Bertz CT molecular complexity index is 684. The predicted molar refractivity (Wildman–Crippen MR) is 213 cm³/mol. The van der Waals surface area contributed by atoms with Crippen LogP contribution in [0.5, 0.6) is 0 Å². The number of carbonyl (C=O) groups excluding carboxylic acids is 1. The van der Waals surface area contributed by atoms with Gasteiger partial charge in [-0.05, 0) is 38.5 Å². The molecule has 0 aromatic carbocycles. The van der Waals surface area contributed by atoms with E-state index in [1.807, 2.05) is 0 Å². The summed E-state index contributed by atoms with van der Waals surface area (Å²) < 4.78 is 0. The van der Waals surface area contributed by atoms with Gasteiger partial charge in [0.15, 0.2) is 0 Å². The number of hydrogen-bond donors (Lipinski definition) is 4. The fraction of sp³-hybridized carbons (Fsp3) is 0.932. The lowest BCUT2D eigenvalue weighted by molar-refractivity contribution is -0.124. The van der Waals surface area contributed by atoms with E-state index < -0.39 is 18.2 Å². The lowest BCUT2D eigenvalue weighted by Crippen LogP contribution is -2.50. The molecule has 3 atom stereocenters. The molecule has 0 saturated carbocycles. The number of nitrogens with one attached hydrogen (secondary N) is 1. The van der Waals surface area contributed by atoms with Gasteiger partial charge in [0.2, 0.25) is 5.91 Å². The minimum Gasteiger partial charge on any atom is -0.394 e. The van der Waals surface area contributed by atoms with Gasteiger partial charge >= 0.3 is 0 Å². The fourth-order valence-electron chi connectivity index (χ4n) is 6.93. The van der Waals surface area contributed by atoms with E-state index in [2.05, 4.69) is 31.3 Å². The first-order chi connectivity index (χ1) is 24.1. The Labute approximate surface area is 306 Å². The van der Waals surface area contributed by atoms with Crippen molar-refractivity contribution in [3.8, 4) is 0 Å². The maximum absolute atomic E-state index is 12.4. The highest BCUT2D eigenvalue weighted by Gasteiger charge is 2.26. The summed E-state index contributed by atoms with van der Waals surface area (Å²) >= 11 is 0. The van der Waals surface area contributed by atoms with Gasteiger partial charge in [0.05, 0.1) is 18.8 Å². The van der Waals surface area contributed by atoms with Crippen LogP contribution in [-0.2, 0) is 4.79 Å². The van der Waals surface area contributed by atoms with Gasteiger partial charge in [0, 0.05) is 6.42 Å². The number of allylic oxidation sites excluding steroid dienone is 2. The number of rotatable bonds is 40. The third-order valence-electron chi connectivity index (χ3n) is 10.4. The van der Waals surface area contributed by atoms with E-state index >= 15 is 0 Å². The molecule has 0 aliphatic rings. The minimum absolute atomic E-state index is 0.153. The van der Waals surface area contributed by atoms with Gasteiger partial charge in [-0.25, -0.2) is 0 Å². The molecule has 292 valence electrons. The second-order valence-electron chi connectivity index (χ2n) is 15.3. The van der Waals surface area contributed by atoms with E-state index in [4.69, 9.17) is 0 Å². The summed E-state index contributed by atoms with van der Waals surface area (Å²) in [5.74, 6) is -0.153. The lowest BCUT2D eigenvalue weighted by atomic mass is 10.0. The van der Waals surface area contributed by atoms with Crippen LogP contribution in [0.15, 0.2) is 12.2 Å². The average molecular weight is 694 g/mol. The van der Waals surface area contributed by atoms with E-state index in [-0.39, 0.29) is 12.5 Å². The van der Waals surface area contributed by atoms with E-state index in [1.54, 1.807) is 0 Å². The Morgan fingerprint density at radius 3 is 1.18 bits per heavy atom. The Morgan fingerprint density at radius 2 is 0.816 bits per heavy atom. The van der Waals surface area contributed by atoms with Crippen molar-refractivity contribution in [2.45, 2.75) is 257 Å². The fourth-order valence-corrected chi connectivity index (χ4v) is 6.93. The molecule has 0 bridgehead atoms. The Hall–Kier alpha value is -0.910. The predicted octanol–water partition coefficient (Wildman–Crippen LogP) is 12.4. The smallest absolute Gasteiger partial charge is 0.220 e. The summed E-state index contributed by atoms with van der Waals surface area (Å²) in [5, 5.41) is 33.2. The topological polar surface area (TPSA) is 89.8 Å². The molecule has 49 heavy (non-hydrogen) atoms. The second kappa shape index (κ2) is 39.9. The molecule has 0 aliphatic carbocycles. The standard InChI is InChI=1S/C44H87NO4/c1-3-5-7-9-11-13-14-15-16-17-18-19-20-21-22-23-24-25-26-27-28-29-30-31-33-35-37-39-43(48)45-41(40-46)44(49)42(47)38-36-34-32-12-10-8-6-4-2/h12,32,41-42,44,46-47,49H,3-11,13-31,33-40H2,1-2H3,(H,45,48)/b32-12+. The van der Waals surface area contributed by atoms with Crippen LogP contribution in [-0.4, -0.2) is 46.1 Å². The van der Waals surface area contributed by atoms with Gasteiger partial charge in [0.1, 0.15) is 6.10 Å². The first-order valence-corrected chi connectivity index (χ1v) is 22.0. The molecule has 1 amide bonds. The van der Waals surface area contributed by atoms with Crippen molar-refractivity contribution >= 4 is 5.91 Å². The van der Waals surface area contributed by atoms with Gasteiger partial charge in [-0.1, -0.05) is 206 Å². The van der Waals surface area contributed by atoms with Crippen LogP contribution in [0.2, 0.25) is 0 Å². The Balaban J connectivity index is 3.47. The highest BCUT2D eigenvalue weighted by Crippen LogP contribution is 2.17. The molecule has 0 aromatic rings. The molecular weight excluding hydrogens is 606 g/mol. The second-order valence-corrected chi connectivity index (χ2v) is 15.3. The highest BCUT2D eigenvalue weighted by atomic mass is 16.3. The van der Waals surface area contributed by atoms with Crippen molar-refractivity contribution in [2.24, 2.45) is 0 Å². The largest absolute Gasteiger partial charge is 0.394 e. The number of aliphatic hydroxyl groups is 3. The lowest BCUT2D eigenvalue weighted by Gasteiger charge is -2.26. The SMILES string of the molecule is CCCCC/C=C/CCCC(O)C(O)C(CO)NC(=O)CCCCCCCCCCCCCCCCCCCCCCCCCCCCC. The highest BCUT2D eigenvalue weighted by molar-refractivity contribution is 5.76. The van der Waals surface area contributed by atoms with Crippen LogP contribution in [0, 0.1) is 0 Å². The maximum Gasteiger partial charge on any atom is 0.220 e. The van der Waals surface area contributed by atoms with E-state index in [1.165, 1.54) is 173 Å². The Morgan fingerprint density at radius 1 is 0.490 bits per heavy atom. The van der Waals surface area contributed by atoms with Crippen molar-refractivity contribution in [3.63, 3.8) is 0 Å². The summed E-state index contributed by atoms with van der Waals surface area (Å²) in [7, 11) is 0. The van der Waals surface area contributed by atoms with Crippen molar-refractivity contribution < 1.29 is 20.1 Å². The monoisotopic (exact) mass is 694 g/mol. The Kier molecular flexibility index (Phi) is 39.1. The van der Waals surface area contributed by atoms with Crippen LogP contribution in [0.3, 0.4) is 0 Å². The number of hydrogen-bond acceptors (Lipinski definition) is 4. The first-order valence-electron chi connectivity index (χ1n) is 22.0. The molecule has 0 aromatic heterocycles. The van der Waals surface area contributed by atoms with Crippen LogP contribution in [0.25, 0.3) is 0 Å². The number of aliphatic hydroxyl groups excluding tert-OH is 3. The van der Waals surface area contributed by atoms with Gasteiger partial charge in [-0.15, -0.1) is 0 Å². The van der Waals surface area contributed by atoms with Gasteiger partial charge in [0.25, 0.3) is 0 Å².